The van der Waals surface area contributed by atoms with Crippen LogP contribution in [0.15, 0.2) is 0 Å². The zero-order valence-corrected chi connectivity index (χ0v) is 10.0. The highest BCUT2D eigenvalue weighted by molar-refractivity contribution is 5.75. The van der Waals surface area contributed by atoms with E-state index >= 15 is 0 Å². The van der Waals surface area contributed by atoms with Crippen LogP contribution in [0.1, 0.15) is 25.7 Å². The lowest BCUT2D eigenvalue weighted by atomic mass is 10.4. The van der Waals surface area contributed by atoms with E-state index in [9.17, 15) is 4.79 Å². The van der Waals surface area contributed by atoms with Gasteiger partial charge in [0, 0.05) is 27.3 Å². The number of methoxy groups -OCH3 is 2. The number of amides is 2. The van der Waals surface area contributed by atoms with Gasteiger partial charge < -0.3 is 9.47 Å². The fourth-order valence-electron chi connectivity index (χ4n) is 2.56. The fourth-order valence-corrected chi connectivity index (χ4v) is 2.56. The van der Waals surface area contributed by atoms with E-state index in [4.69, 9.17) is 9.47 Å². The summed E-state index contributed by atoms with van der Waals surface area (Å²) in [6.45, 7) is 1.59. The van der Waals surface area contributed by atoms with Gasteiger partial charge >= 0.3 is 6.03 Å². The third-order valence-corrected chi connectivity index (χ3v) is 3.43. The molecule has 0 saturated carbocycles. The van der Waals surface area contributed by atoms with Crippen LogP contribution in [0.4, 0.5) is 4.79 Å². The molecule has 0 spiro atoms. The highest BCUT2D eigenvalue weighted by Crippen LogP contribution is 2.24. The van der Waals surface area contributed by atoms with Crippen molar-refractivity contribution in [2.75, 3.05) is 27.3 Å². The third-order valence-electron chi connectivity index (χ3n) is 3.43. The number of ether oxygens (including phenoxy) is 2. The van der Waals surface area contributed by atoms with Gasteiger partial charge in [0.1, 0.15) is 12.5 Å². The zero-order chi connectivity index (χ0) is 11.5. The molecule has 0 bridgehead atoms. The minimum Gasteiger partial charge on any atom is -0.361 e. The Morgan fingerprint density at radius 3 is 1.81 bits per heavy atom. The van der Waals surface area contributed by atoms with Crippen molar-refractivity contribution in [2.45, 2.75) is 38.1 Å². The normalized spacial score (nSPS) is 30.1. The number of rotatable bonds is 2. The number of hydrogen-bond acceptors (Lipinski definition) is 3. The molecule has 0 aliphatic carbocycles. The molecule has 5 heteroatoms. The highest BCUT2D eigenvalue weighted by atomic mass is 16.5. The molecule has 2 saturated heterocycles. The first-order valence-corrected chi connectivity index (χ1v) is 5.90. The van der Waals surface area contributed by atoms with Crippen molar-refractivity contribution < 1.29 is 14.3 Å². The van der Waals surface area contributed by atoms with Gasteiger partial charge in [-0.05, 0) is 25.7 Å². The van der Waals surface area contributed by atoms with Gasteiger partial charge in [0.25, 0.3) is 0 Å². The average molecular weight is 228 g/mol. The smallest absolute Gasteiger partial charge is 0.324 e. The monoisotopic (exact) mass is 228 g/mol. The molecule has 16 heavy (non-hydrogen) atoms. The predicted octanol–water partition coefficient (Wildman–Crippen LogP) is 1.24. The summed E-state index contributed by atoms with van der Waals surface area (Å²) in [6, 6.07) is 0.0636. The maximum absolute atomic E-state index is 12.3. The van der Waals surface area contributed by atoms with E-state index in [1.165, 1.54) is 0 Å². The Morgan fingerprint density at radius 2 is 1.44 bits per heavy atom. The molecule has 2 rings (SSSR count). The molecule has 0 unspecified atom stereocenters. The second kappa shape index (κ2) is 5.01. The van der Waals surface area contributed by atoms with Crippen LogP contribution in [0.5, 0.6) is 0 Å². The zero-order valence-electron chi connectivity index (χ0n) is 10.0. The first kappa shape index (κ1) is 11.7. The number of carbonyl (C=O) groups excluding carboxylic acids is 1. The van der Waals surface area contributed by atoms with Crippen molar-refractivity contribution >= 4 is 6.03 Å². The van der Waals surface area contributed by atoms with Crippen LogP contribution in [0.3, 0.4) is 0 Å². The topological polar surface area (TPSA) is 42.0 Å². The Kier molecular flexibility index (Phi) is 3.66. The van der Waals surface area contributed by atoms with Gasteiger partial charge in [0.2, 0.25) is 0 Å². The van der Waals surface area contributed by atoms with E-state index in [1.807, 2.05) is 9.80 Å². The lowest BCUT2D eigenvalue weighted by molar-refractivity contribution is -0.0222. The van der Waals surface area contributed by atoms with Crippen molar-refractivity contribution in [1.82, 2.24) is 9.80 Å². The van der Waals surface area contributed by atoms with Crippen LogP contribution < -0.4 is 0 Å². The summed E-state index contributed by atoms with van der Waals surface area (Å²) in [5, 5.41) is 0. The molecule has 0 aromatic heterocycles. The SMILES string of the molecule is CO[C@@H]1CCCN1C(=O)N1CCC[C@H]1OC. The summed E-state index contributed by atoms with van der Waals surface area (Å²) < 4.78 is 10.6. The molecule has 0 N–H and O–H groups in total. The summed E-state index contributed by atoms with van der Waals surface area (Å²) in [7, 11) is 3.32. The van der Waals surface area contributed by atoms with Crippen LogP contribution in [0.2, 0.25) is 0 Å². The third kappa shape index (κ3) is 2.01. The van der Waals surface area contributed by atoms with E-state index in [1.54, 1.807) is 14.2 Å². The van der Waals surface area contributed by atoms with Crippen LogP contribution >= 0.6 is 0 Å². The summed E-state index contributed by atoms with van der Waals surface area (Å²) in [5.74, 6) is 0. The Labute approximate surface area is 96.3 Å². The van der Waals surface area contributed by atoms with Gasteiger partial charge in [-0.15, -0.1) is 0 Å². The standard InChI is InChI=1S/C11H20N2O3/c1-15-9-5-3-7-12(9)11(14)13-8-4-6-10(13)16-2/h9-10H,3-8H2,1-2H3/t9-,10-/m1/s1. The van der Waals surface area contributed by atoms with E-state index in [2.05, 4.69) is 0 Å². The highest BCUT2D eigenvalue weighted by Gasteiger charge is 2.36. The van der Waals surface area contributed by atoms with Crippen molar-refractivity contribution in [1.29, 1.82) is 0 Å². The molecule has 0 aromatic carbocycles. The van der Waals surface area contributed by atoms with Crippen LogP contribution in [-0.2, 0) is 9.47 Å². The number of carbonyl (C=O) groups is 1. The lowest BCUT2D eigenvalue weighted by Crippen LogP contribution is -2.48. The Balaban J connectivity index is 2.00. The molecule has 2 amide bonds. The minimum atomic E-state index is -0.0504. The average Bonchev–Trinajstić information content (AvgIpc) is 2.96. The first-order chi connectivity index (χ1) is 7.77. The molecule has 0 aromatic rings. The molecule has 2 aliphatic rings. The Morgan fingerprint density at radius 1 is 1.00 bits per heavy atom. The molecule has 2 fully saturated rings. The second-order valence-electron chi connectivity index (χ2n) is 4.33. The van der Waals surface area contributed by atoms with Crippen LogP contribution in [0, 0.1) is 0 Å². The van der Waals surface area contributed by atoms with Gasteiger partial charge in [0.15, 0.2) is 0 Å². The number of nitrogens with zero attached hydrogens (tertiary/aromatic N) is 2. The second-order valence-corrected chi connectivity index (χ2v) is 4.33. The Hall–Kier alpha value is -0.810. The number of hydrogen-bond donors (Lipinski definition) is 0. The summed E-state index contributed by atoms with van der Waals surface area (Å²) in [6.07, 6.45) is 3.82. The lowest BCUT2D eigenvalue weighted by Gasteiger charge is -2.31. The Bertz CT molecular complexity index is 236. The molecule has 2 atom stereocenters. The molecular weight excluding hydrogens is 208 g/mol. The van der Waals surface area contributed by atoms with Crippen molar-refractivity contribution in [3.63, 3.8) is 0 Å². The minimum absolute atomic E-state index is 0.0504. The largest absolute Gasteiger partial charge is 0.361 e. The van der Waals surface area contributed by atoms with E-state index < -0.39 is 0 Å². The van der Waals surface area contributed by atoms with Gasteiger partial charge in [-0.25, -0.2) is 4.79 Å². The molecule has 92 valence electrons. The molecule has 2 aliphatic heterocycles. The molecule has 2 heterocycles. The van der Waals surface area contributed by atoms with Crippen LogP contribution in [0.25, 0.3) is 0 Å². The van der Waals surface area contributed by atoms with Crippen molar-refractivity contribution in [2.24, 2.45) is 0 Å². The summed E-state index contributed by atoms with van der Waals surface area (Å²) in [5.41, 5.74) is 0. The predicted molar refractivity (Wildman–Crippen MR) is 58.9 cm³/mol. The maximum atomic E-state index is 12.3. The maximum Gasteiger partial charge on any atom is 0.324 e. The van der Waals surface area contributed by atoms with Crippen LogP contribution in [-0.4, -0.2) is 55.6 Å². The quantitative estimate of drug-likeness (QED) is 0.714. The van der Waals surface area contributed by atoms with Gasteiger partial charge in [-0.2, -0.15) is 0 Å². The van der Waals surface area contributed by atoms with Gasteiger partial charge in [-0.1, -0.05) is 0 Å². The van der Waals surface area contributed by atoms with Gasteiger partial charge in [-0.3, -0.25) is 9.80 Å². The van der Waals surface area contributed by atoms with Crippen molar-refractivity contribution in [3.8, 4) is 0 Å². The molecular formula is C11H20N2O3. The summed E-state index contributed by atoms with van der Waals surface area (Å²) in [4.78, 5) is 15.9. The molecule has 0 radical (unpaired) electrons. The summed E-state index contributed by atoms with van der Waals surface area (Å²) >= 11 is 0. The number of likely N-dealkylation sites (tertiary alicyclic amines) is 2. The van der Waals surface area contributed by atoms with E-state index in [-0.39, 0.29) is 18.5 Å². The van der Waals surface area contributed by atoms with Gasteiger partial charge in [0.05, 0.1) is 0 Å². The fraction of sp³-hybridized carbons (Fsp3) is 0.909. The first-order valence-electron chi connectivity index (χ1n) is 5.90. The number of urea groups is 1. The van der Waals surface area contributed by atoms with E-state index in [0.717, 1.165) is 38.8 Å². The van der Waals surface area contributed by atoms with Crippen molar-refractivity contribution in [3.05, 3.63) is 0 Å². The molecule has 5 nitrogen and oxygen atoms in total. The van der Waals surface area contributed by atoms with E-state index in [0.29, 0.717) is 0 Å².